The van der Waals surface area contributed by atoms with Gasteiger partial charge in [-0.15, -0.1) is 0 Å². The van der Waals surface area contributed by atoms with Gasteiger partial charge in [0.25, 0.3) is 5.91 Å². The summed E-state index contributed by atoms with van der Waals surface area (Å²) in [6.07, 6.45) is 3.16. The van der Waals surface area contributed by atoms with Gasteiger partial charge in [-0.2, -0.15) is 5.10 Å². The number of pyridine rings is 1. The van der Waals surface area contributed by atoms with Crippen molar-refractivity contribution in [3.05, 3.63) is 64.4 Å². The van der Waals surface area contributed by atoms with E-state index in [2.05, 4.69) is 31.4 Å². The Morgan fingerprint density at radius 3 is 2.89 bits per heavy atom. The zero-order valence-corrected chi connectivity index (χ0v) is 11.0. The van der Waals surface area contributed by atoms with Gasteiger partial charge in [-0.1, -0.05) is 28.1 Å². The fourth-order valence-electron chi connectivity index (χ4n) is 1.30. The number of halogens is 1. The van der Waals surface area contributed by atoms with E-state index >= 15 is 0 Å². The predicted octanol–water partition coefficient (Wildman–Crippen LogP) is 2.61. The SMILES string of the molecule is O=C(NN=Cc1ccccn1)c1cccc(Br)c1. The molecule has 1 heterocycles. The maximum Gasteiger partial charge on any atom is 0.271 e. The average molecular weight is 304 g/mol. The molecule has 1 aromatic carbocycles. The van der Waals surface area contributed by atoms with Crippen LogP contribution in [-0.4, -0.2) is 17.1 Å². The highest BCUT2D eigenvalue weighted by molar-refractivity contribution is 9.10. The van der Waals surface area contributed by atoms with Crippen molar-refractivity contribution in [1.82, 2.24) is 10.4 Å². The predicted molar refractivity (Wildman–Crippen MR) is 73.4 cm³/mol. The summed E-state index contributed by atoms with van der Waals surface area (Å²) in [5.74, 6) is -0.261. The Bertz CT molecular complexity index is 569. The number of hydrazone groups is 1. The van der Waals surface area contributed by atoms with Crippen molar-refractivity contribution >= 4 is 28.1 Å². The molecule has 90 valence electrons. The van der Waals surface area contributed by atoms with Crippen LogP contribution in [0.25, 0.3) is 0 Å². The van der Waals surface area contributed by atoms with E-state index in [0.717, 1.165) is 4.47 Å². The molecular weight excluding hydrogens is 294 g/mol. The standard InChI is InChI=1S/C13H10BrN3O/c14-11-5-3-4-10(8-11)13(18)17-16-9-12-6-1-2-7-15-12/h1-9H,(H,17,18). The lowest BCUT2D eigenvalue weighted by molar-refractivity contribution is 0.0955. The van der Waals surface area contributed by atoms with Gasteiger partial charge in [-0.05, 0) is 30.3 Å². The third-order valence-corrected chi connectivity index (χ3v) is 2.63. The molecule has 0 fully saturated rings. The molecule has 0 saturated heterocycles. The Hall–Kier alpha value is -2.01. The highest BCUT2D eigenvalue weighted by Gasteiger charge is 2.03. The smallest absolute Gasteiger partial charge is 0.267 e. The fraction of sp³-hybridized carbons (Fsp3) is 0. The zero-order valence-electron chi connectivity index (χ0n) is 9.38. The molecule has 1 amide bonds. The van der Waals surface area contributed by atoms with Gasteiger partial charge in [0.15, 0.2) is 0 Å². The van der Waals surface area contributed by atoms with E-state index < -0.39 is 0 Å². The van der Waals surface area contributed by atoms with Crippen molar-refractivity contribution in [3.63, 3.8) is 0 Å². The van der Waals surface area contributed by atoms with E-state index in [1.54, 1.807) is 30.5 Å². The van der Waals surface area contributed by atoms with Crippen molar-refractivity contribution < 1.29 is 4.79 Å². The molecule has 0 aliphatic carbocycles. The van der Waals surface area contributed by atoms with Crippen LogP contribution in [0.15, 0.2) is 58.2 Å². The number of hydrogen-bond donors (Lipinski definition) is 1. The maximum absolute atomic E-state index is 11.7. The number of carbonyl (C=O) groups is 1. The number of nitrogens with zero attached hydrogens (tertiary/aromatic N) is 2. The molecular formula is C13H10BrN3O. The third kappa shape index (κ3) is 3.49. The molecule has 0 radical (unpaired) electrons. The lowest BCUT2D eigenvalue weighted by atomic mass is 10.2. The molecule has 2 aromatic rings. The fourth-order valence-corrected chi connectivity index (χ4v) is 1.70. The van der Waals surface area contributed by atoms with Gasteiger partial charge in [0.1, 0.15) is 0 Å². The van der Waals surface area contributed by atoms with Crippen LogP contribution < -0.4 is 5.43 Å². The normalized spacial score (nSPS) is 10.5. The highest BCUT2D eigenvalue weighted by atomic mass is 79.9. The van der Waals surface area contributed by atoms with E-state index in [-0.39, 0.29) is 5.91 Å². The first kappa shape index (κ1) is 12.4. The molecule has 0 saturated carbocycles. The van der Waals surface area contributed by atoms with Gasteiger partial charge >= 0.3 is 0 Å². The van der Waals surface area contributed by atoms with Crippen LogP contribution in [0.1, 0.15) is 16.1 Å². The van der Waals surface area contributed by atoms with E-state index in [9.17, 15) is 4.79 Å². The number of carbonyl (C=O) groups excluding carboxylic acids is 1. The highest BCUT2D eigenvalue weighted by Crippen LogP contribution is 2.11. The molecule has 0 bridgehead atoms. The minimum Gasteiger partial charge on any atom is -0.267 e. The van der Waals surface area contributed by atoms with Gasteiger partial charge in [-0.25, -0.2) is 5.43 Å². The van der Waals surface area contributed by atoms with Crippen molar-refractivity contribution in [1.29, 1.82) is 0 Å². The molecule has 2 rings (SSSR count). The molecule has 0 spiro atoms. The van der Waals surface area contributed by atoms with Crippen molar-refractivity contribution in [2.75, 3.05) is 0 Å². The second-order valence-electron chi connectivity index (χ2n) is 3.46. The summed E-state index contributed by atoms with van der Waals surface area (Å²) in [7, 11) is 0. The average Bonchev–Trinajstić information content (AvgIpc) is 2.40. The first-order chi connectivity index (χ1) is 8.75. The summed E-state index contributed by atoms with van der Waals surface area (Å²) in [5, 5.41) is 3.85. The quantitative estimate of drug-likeness (QED) is 0.700. The van der Waals surface area contributed by atoms with E-state index in [1.807, 2.05) is 18.2 Å². The number of nitrogens with one attached hydrogen (secondary N) is 1. The molecule has 0 aliphatic rings. The van der Waals surface area contributed by atoms with Gasteiger partial charge in [-0.3, -0.25) is 9.78 Å². The van der Waals surface area contributed by atoms with Crippen LogP contribution >= 0.6 is 15.9 Å². The number of aromatic nitrogens is 1. The second-order valence-corrected chi connectivity index (χ2v) is 4.38. The van der Waals surface area contributed by atoms with Crippen LogP contribution in [-0.2, 0) is 0 Å². The Morgan fingerprint density at radius 2 is 2.17 bits per heavy atom. The maximum atomic E-state index is 11.7. The first-order valence-electron chi connectivity index (χ1n) is 5.26. The Labute approximate surface area is 113 Å². The summed E-state index contributed by atoms with van der Waals surface area (Å²) in [4.78, 5) is 15.8. The Kier molecular flexibility index (Phi) is 4.20. The number of hydrogen-bond acceptors (Lipinski definition) is 3. The molecule has 1 N–H and O–H groups in total. The number of amides is 1. The number of rotatable bonds is 3. The molecule has 1 aromatic heterocycles. The van der Waals surface area contributed by atoms with Crippen molar-refractivity contribution in [2.45, 2.75) is 0 Å². The third-order valence-electron chi connectivity index (χ3n) is 2.14. The minimum absolute atomic E-state index is 0.261. The van der Waals surface area contributed by atoms with E-state index in [1.165, 1.54) is 6.21 Å². The molecule has 0 atom stereocenters. The molecule has 4 nitrogen and oxygen atoms in total. The lowest BCUT2D eigenvalue weighted by Crippen LogP contribution is -2.17. The first-order valence-corrected chi connectivity index (χ1v) is 6.05. The Balaban J connectivity index is 1.99. The molecule has 0 aliphatic heterocycles. The van der Waals surface area contributed by atoms with Crippen LogP contribution in [0.3, 0.4) is 0 Å². The Morgan fingerprint density at radius 1 is 1.28 bits per heavy atom. The van der Waals surface area contributed by atoms with E-state index in [4.69, 9.17) is 0 Å². The lowest BCUT2D eigenvalue weighted by Gasteiger charge is -1.99. The minimum atomic E-state index is -0.261. The topological polar surface area (TPSA) is 54.4 Å². The largest absolute Gasteiger partial charge is 0.271 e. The monoisotopic (exact) mass is 303 g/mol. The van der Waals surface area contributed by atoms with Crippen LogP contribution in [0.4, 0.5) is 0 Å². The summed E-state index contributed by atoms with van der Waals surface area (Å²) >= 11 is 3.31. The van der Waals surface area contributed by atoms with Gasteiger partial charge < -0.3 is 0 Å². The molecule has 0 unspecified atom stereocenters. The van der Waals surface area contributed by atoms with Crippen LogP contribution in [0.5, 0.6) is 0 Å². The van der Waals surface area contributed by atoms with Gasteiger partial charge in [0.2, 0.25) is 0 Å². The van der Waals surface area contributed by atoms with Crippen molar-refractivity contribution in [3.8, 4) is 0 Å². The summed E-state index contributed by atoms with van der Waals surface area (Å²) in [5.41, 5.74) is 3.68. The van der Waals surface area contributed by atoms with Crippen LogP contribution in [0, 0.1) is 0 Å². The summed E-state index contributed by atoms with van der Waals surface area (Å²) in [6.45, 7) is 0. The second kappa shape index (κ2) is 6.07. The van der Waals surface area contributed by atoms with Crippen molar-refractivity contribution in [2.24, 2.45) is 5.10 Å². The number of benzene rings is 1. The summed E-state index contributed by atoms with van der Waals surface area (Å²) in [6, 6.07) is 12.6. The van der Waals surface area contributed by atoms with E-state index in [0.29, 0.717) is 11.3 Å². The van der Waals surface area contributed by atoms with Crippen LogP contribution in [0.2, 0.25) is 0 Å². The zero-order chi connectivity index (χ0) is 12.8. The van der Waals surface area contributed by atoms with Gasteiger partial charge in [0.05, 0.1) is 11.9 Å². The molecule has 5 heteroatoms. The van der Waals surface area contributed by atoms with Gasteiger partial charge in [0, 0.05) is 16.2 Å². The molecule has 18 heavy (non-hydrogen) atoms. The summed E-state index contributed by atoms with van der Waals surface area (Å²) < 4.78 is 0.851.